The van der Waals surface area contributed by atoms with Crippen molar-refractivity contribution < 1.29 is 14.3 Å². The monoisotopic (exact) mass is 365 g/mol. The average Bonchev–Trinajstić information content (AvgIpc) is 3.33. The normalized spacial score (nSPS) is 28.6. The summed E-state index contributed by atoms with van der Waals surface area (Å²) in [5.74, 6) is 1.87. The van der Waals surface area contributed by atoms with E-state index in [9.17, 15) is 9.59 Å². The summed E-state index contributed by atoms with van der Waals surface area (Å²) in [6, 6.07) is 9.25. The van der Waals surface area contributed by atoms with Crippen LogP contribution in [-0.4, -0.2) is 36.5 Å². The minimum absolute atomic E-state index is 0.00585. The summed E-state index contributed by atoms with van der Waals surface area (Å²) in [5, 5.41) is 0. The molecule has 1 aromatic carbocycles. The predicted molar refractivity (Wildman–Crippen MR) is 100 cm³/mol. The standard InChI is InChI=1S/C23H27NO3/c25-20-11-22(14-27-20)9-19(10-22)21(26)24-12-23(13-24)7-18(8-23)17-3-1-2-16(6-17)15-4-5-15/h1-3,6,15,18-19H,4-5,7-14H2. The van der Waals surface area contributed by atoms with E-state index in [2.05, 4.69) is 29.2 Å². The number of likely N-dealkylation sites (tertiary alicyclic amines) is 1. The molecule has 4 nitrogen and oxygen atoms in total. The van der Waals surface area contributed by atoms with Crippen molar-refractivity contribution in [2.75, 3.05) is 19.7 Å². The zero-order valence-electron chi connectivity index (χ0n) is 15.8. The van der Waals surface area contributed by atoms with Crippen LogP contribution in [0.5, 0.6) is 0 Å². The molecule has 0 bridgehead atoms. The number of amides is 1. The van der Waals surface area contributed by atoms with E-state index in [0.29, 0.717) is 30.3 Å². The van der Waals surface area contributed by atoms with Gasteiger partial charge in [0.25, 0.3) is 0 Å². The summed E-state index contributed by atoms with van der Waals surface area (Å²) in [6.45, 7) is 2.42. The van der Waals surface area contributed by atoms with Gasteiger partial charge in [0.05, 0.1) is 13.0 Å². The maximum atomic E-state index is 12.7. The van der Waals surface area contributed by atoms with Crippen molar-refractivity contribution >= 4 is 11.9 Å². The Morgan fingerprint density at radius 2 is 1.70 bits per heavy atom. The third-order valence-electron chi connectivity index (χ3n) is 7.92. The molecule has 2 aliphatic heterocycles. The number of benzene rings is 1. The molecule has 5 aliphatic rings. The second-order valence-corrected chi connectivity index (χ2v) is 10.2. The molecule has 0 radical (unpaired) electrons. The Morgan fingerprint density at radius 1 is 1.00 bits per heavy atom. The minimum atomic E-state index is -0.0879. The van der Waals surface area contributed by atoms with Crippen LogP contribution in [-0.2, 0) is 14.3 Å². The number of cyclic esters (lactones) is 1. The van der Waals surface area contributed by atoms with Crippen LogP contribution in [0.1, 0.15) is 67.9 Å². The minimum Gasteiger partial charge on any atom is -0.465 e. The maximum Gasteiger partial charge on any atom is 0.306 e. The molecular formula is C23H27NO3. The van der Waals surface area contributed by atoms with E-state index in [4.69, 9.17) is 4.74 Å². The van der Waals surface area contributed by atoms with E-state index in [1.165, 1.54) is 36.8 Å². The largest absolute Gasteiger partial charge is 0.465 e. The van der Waals surface area contributed by atoms with Crippen molar-refractivity contribution in [2.45, 2.75) is 56.8 Å². The van der Waals surface area contributed by atoms with Gasteiger partial charge in [-0.2, -0.15) is 0 Å². The first kappa shape index (κ1) is 16.1. The Bertz CT molecular complexity index is 807. The lowest BCUT2D eigenvalue weighted by atomic mass is 9.55. The summed E-state index contributed by atoms with van der Waals surface area (Å²) >= 11 is 0. The van der Waals surface area contributed by atoms with Gasteiger partial charge in [-0.15, -0.1) is 0 Å². The molecule has 2 spiro atoms. The van der Waals surface area contributed by atoms with E-state index >= 15 is 0 Å². The second-order valence-electron chi connectivity index (χ2n) is 10.2. The highest BCUT2D eigenvalue weighted by Crippen LogP contribution is 2.58. The van der Waals surface area contributed by atoms with Crippen LogP contribution in [0.25, 0.3) is 0 Å². The van der Waals surface area contributed by atoms with Gasteiger partial charge in [0.2, 0.25) is 5.91 Å². The third kappa shape index (κ3) is 2.55. The van der Waals surface area contributed by atoms with Gasteiger partial charge in [0.1, 0.15) is 0 Å². The lowest BCUT2D eigenvalue weighted by Crippen LogP contribution is -2.65. The highest BCUT2D eigenvalue weighted by atomic mass is 16.5. The fourth-order valence-corrected chi connectivity index (χ4v) is 6.20. The molecule has 3 saturated carbocycles. The number of carbonyl (C=O) groups excluding carboxylic acids is 2. The number of carbonyl (C=O) groups is 2. The van der Waals surface area contributed by atoms with Gasteiger partial charge < -0.3 is 9.64 Å². The highest BCUT2D eigenvalue weighted by Gasteiger charge is 2.58. The zero-order chi connectivity index (χ0) is 18.2. The first-order valence-corrected chi connectivity index (χ1v) is 10.6. The second kappa shape index (κ2) is 5.36. The van der Waals surface area contributed by atoms with Crippen LogP contribution in [0, 0.1) is 16.7 Å². The van der Waals surface area contributed by atoms with E-state index in [0.717, 1.165) is 31.8 Å². The van der Waals surface area contributed by atoms with Crippen LogP contribution < -0.4 is 0 Å². The fraction of sp³-hybridized carbons (Fsp3) is 0.652. The molecule has 0 N–H and O–H groups in total. The number of hydrogen-bond acceptors (Lipinski definition) is 3. The molecule has 27 heavy (non-hydrogen) atoms. The van der Waals surface area contributed by atoms with Crippen LogP contribution in [0.3, 0.4) is 0 Å². The van der Waals surface area contributed by atoms with Crippen molar-refractivity contribution in [1.82, 2.24) is 4.90 Å². The Balaban J connectivity index is 1.01. The lowest BCUT2D eigenvalue weighted by molar-refractivity contribution is -0.163. The predicted octanol–water partition coefficient (Wildman–Crippen LogP) is 3.61. The van der Waals surface area contributed by atoms with Gasteiger partial charge in [-0.05, 0) is 61.5 Å². The topological polar surface area (TPSA) is 46.6 Å². The first-order chi connectivity index (χ1) is 13.0. The van der Waals surface area contributed by atoms with Gasteiger partial charge >= 0.3 is 5.97 Å². The van der Waals surface area contributed by atoms with Gasteiger partial charge in [-0.25, -0.2) is 0 Å². The molecule has 0 atom stereocenters. The van der Waals surface area contributed by atoms with Gasteiger partial charge in [-0.1, -0.05) is 24.3 Å². The smallest absolute Gasteiger partial charge is 0.306 e. The molecule has 0 unspecified atom stereocenters. The molecule has 6 rings (SSSR count). The van der Waals surface area contributed by atoms with Crippen molar-refractivity contribution in [3.8, 4) is 0 Å². The van der Waals surface area contributed by atoms with Crippen molar-refractivity contribution in [3.05, 3.63) is 35.4 Å². The Kier molecular flexibility index (Phi) is 3.21. The Hall–Kier alpha value is -1.84. The van der Waals surface area contributed by atoms with Crippen molar-refractivity contribution in [2.24, 2.45) is 16.7 Å². The number of nitrogens with zero attached hydrogens (tertiary/aromatic N) is 1. The molecule has 3 aliphatic carbocycles. The quantitative estimate of drug-likeness (QED) is 0.769. The van der Waals surface area contributed by atoms with Crippen molar-refractivity contribution in [3.63, 3.8) is 0 Å². The molecule has 2 saturated heterocycles. The first-order valence-electron chi connectivity index (χ1n) is 10.6. The van der Waals surface area contributed by atoms with Gasteiger partial charge in [0, 0.05) is 29.8 Å². The van der Waals surface area contributed by atoms with Crippen LogP contribution in [0.2, 0.25) is 0 Å². The molecule has 1 amide bonds. The van der Waals surface area contributed by atoms with E-state index in [1.54, 1.807) is 0 Å². The van der Waals surface area contributed by atoms with E-state index < -0.39 is 0 Å². The van der Waals surface area contributed by atoms with E-state index in [-0.39, 0.29) is 17.3 Å². The molecule has 2 heterocycles. The summed E-state index contributed by atoms with van der Waals surface area (Å²) < 4.78 is 5.12. The molecule has 5 fully saturated rings. The number of rotatable bonds is 3. The average molecular weight is 365 g/mol. The zero-order valence-corrected chi connectivity index (χ0v) is 15.8. The number of ether oxygens (including phenoxy) is 1. The fourth-order valence-electron chi connectivity index (χ4n) is 6.20. The van der Waals surface area contributed by atoms with Crippen molar-refractivity contribution in [1.29, 1.82) is 0 Å². The summed E-state index contributed by atoms with van der Waals surface area (Å²) in [4.78, 5) is 26.2. The van der Waals surface area contributed by atoms with Gasteiger partial charge in [0.15, 0.2) is 0 Å². The molecule has 4 heteroatoms. The molecule has 1 aromatic rings. The summed E-state index contributed by atoms with van der Waals surface area (Å²) in [7, 11) is 0. The maximum absolute atomic E-state index is 12.7. The van der Waals surface area contributed by atoms with Gasteiger partial charge in [-0.3, -0.25) is 9.59 Å². The Labute approximate surface area is 160 Å². The van der Waals surface area contributed by atoms with Crippen LogP contribution >= 0.6 is 0 Å². The molecule has 0 aromatic heterocycles. The van der Waals surface area contributed by atoms with Crippen LogP contribution in [0.15, 0.2) is 24.3 Å². The Morgan fingerprint density at radius 3 is 2.33 bits per heavy atom. The van der Waals surface area contributed by atoms with E-state index in [1.807, 2.05) is 0 Å². The summed E-state index contributed by atoms with van der Waals surface area (Å²) in [5.41, 5.74) is 3.44. The highest BCUT2D eigenvalue weighted by molar-refractivity contribution is 5.82. The number of hydrogen-bond donors (Lipinski definition) is 0. The number of esters is 1. The molecular weight excluding hydrogens is 338 g/mol. The SMILES string of the molecule is O=C1CC2(CO1)CC(C(=O)N1CC3(CC(c4cccc(C5CC5)c4)C3)C1)C2. The molecule has 142 valence electrons. The lowest BCUT2D eigenvalue weighted by Gasteiger charge is -2.60. The third-order valence-corrected chi connectivity index (χ3v) is 7.92. The van der Waals surface area contributed by atoms with Crippen LogP contribution in [0.4, 0.5) is 0 Å². The summed E-state index contributed by atoms with van der Waals surface area (Å²) in [6.07, 6.45) is 7.40.